The number of rotatable bonds is 6. The number of Topliss-reactive ketones (excluding diaryl/α,β-unsaturated/α-hetero) is 1. The van der Waals surface area contributed by atoms with Gasteiger partial charge >= 0.3 is 0 Å². The predicted octanol–water partition coefficient (Wildman–Crippen LogP) is 3.97. The lowest BCUT2D eigenvalue weighted by atomic mass is 10.0. The second-order valence-electron chi connectivity index (χ2n) is 6.64. The van der Waals surface area contributed by atoms with Crippen LogP contribution in [0.2, 0.25) is 0 Å². The highest BCUT2D eigenvalue weighted by atomic mass is 16.6. The van der Waals surface area contributed by atoms with Crippen molar-refractivity contribution in [1.29, 1.82) is 0 Å². The predicted molar refractivity (Wildman–Crippen MR) is 103 cm³/mol. The molecule has 3 rings (SSSR count). The zero-order valence-electron chi connectivity index (χ0n) is 15.4. The third-order valence-corrected chi connectivity index (χ3v) is 4.64. The third kappa shape index (κ3) is 4.44. The molecule has 0 aliphatic heterocycles. The van der Waals surface area contributed by atoms with Gasteiger partial charge in [-0.2, -0.15) is 4.57 Å². The summed E-state index contributed by atoms with van der Waals surface area (Å²) < 4.78 is 1.92. The molecule has 2 aromatic carbocycles. The molecule has 0 fully saturated rings. The Hall–Kier alpha value is -3.34. The fourth-order valence-corrected chi connectivity index (χ4v) is 3.06. The third-order valence-electron chi connectivity index (χ3n) is 4.64. The van der Waals surface area contributed by atoms with Crippen LogP contribution in [0.1, 0.15) is 32.7 Å². The number of hydrogen-bond acceptors (Lipinski definition) is 3. The first kappa shape index (κ1) is 18.5. The number of benzene rings is 2. The van der Waals surface area contributed by atoms with Crippen LogP contribution >= 0.6 is 0 Å². The van der Waals surface area contributed by atoms with Gasteiger partial charge in [-0.3, -0.25) is 14.9 Å². The Kier molecular flexibility index (Phi) is 5.41. The van der Waals surface area contributed by atoms with Crippen molar-refractivity contribution in [3.8, 4) is 0 Å². The topological polar surface area (TPSA) is 64.1 Å². The standard InChI is InChI=1S/C22H21N2O3/c1-16-14-23(15-22(25)19-8-10-21(11-9-19)24(26)27)17(2)12-20(16)13-18-6-4-3-5-7-18/h3-12,14H,13,15H2,1-2H3/q+1. The quantitative estimate of drug-likeness (QED) is 0.289. The molecule has 5 nitrogen and oxygen atoms in total. The van der Waals surface area contributed by atoms with Crippen LogP contribution in [0.3, 0.4) is 0 Å². The van der Waals surface area contributed by atoms with E-state index in [1.54, 1.807) is 0 Å². The number of aromatic nitrogens is 1. The molecule has 0 saturated carbocycles. The van der Waals surface area contributed by atoms with Crippen LogP contribution in [0.25, 0.3) is 0 Å². The number of carbonyl (C=O) groups excluding carboxylic acids is 1. The van der Waals surface area contributed by atoms with E-state index in [2.05, 4.69) is 18.2 Å². The Morgan fingerprint density at radius 3 is 2.33 bits per heavy atom. The van der Waals surface area contributed by atoms with E-state index in [0.717, 1.165) is 17.7 Å². The summed E-state index contributed by atoms with van der Waals surface area (Å²) in [5.74, 6) is -0.0757. The summed E-state index contributed by atoms with van der Waals surface area (Å²) in [4.78, 5) is 22.8. The van der Waals surface area contributed by atoms with Crippen molar-refractivity contribution in [2.45, 2.75) is 26.8 Å². The van der Waals surface area contributed by atoms with Gasteiger partial charge in [0.2, 0.25) is 12.3 Å². The maximum absolute atomic E-state index is 12.5. The van der Waals surface area contributed by atoms with E-state index in [1.165, 1.54) is 35.4 Å². The van der Waals surface area contributed by atoms with Crippen LogP contribution in [0.15, 0.2) is 66.9 Å². The van der Waals surface area contributed by atoms with Gasteiger partial charge in [-0.15, -0.1) is 0 Å². The van der Waals surface area contributed by atoms with Crippen molar-refractivity contribution in [1.82, 2.24) is 0 Å². The minimum atomic E-state index is -0.470. The molecule has 0 atom stereocenters. The molecule has 0 aliphatic rings. The number of nitrogens with zero attached hydrogens (tertiary/aromatic N) is 2. The second-order valence-corrected chi connectivity index (χ2v) is 6.64. The lowest BCUT2D eigenvalue weighted by Crippen LogP contribution is -2.41. The molecule has 0 amide bonds. The molecule has 27 heavy (non-hydrogen) atoms. The average molecular weight is 361 g/mol. The van der Waals surface area contributed by atoms with Crippen molar-refractivity contribution in [2.75, 3.05) is 0 Å². The van der Waals surface area contributed by atoms with Crippen molar-refractivity contribution < 1.29 is 14.3 Å². The summed E-state index contributed by atoms with van der Waals surface area (Å²) in [5, 5.41) is 10.7. The van der Waals surface area contributed by atoms with Crippen LogP contribution in [-0.2, 0) is 13.0 Å². The van der Waals surface area contributed by atoms with Gasteiger partial charge in [0.15, 0.2) is 11.9 Å². The molecule has 0 aliphatic carbocycles. The van der Waals surface area contributed by atoms with Gasteiger partial charge in [-0.1, -0.05) is 30.3 Å². The van der Waals surface area contributed by atoms with Gasteiger partial charge in [-0.05, 0) is 36.6 Å². The van der Waals surface area contributed by atoms with Crippen molar-refractivity contribution in [3.63, 3.8) is 0 Å². The lowest BCUT2D eigenvalue weighted by Gasteiger charge is -2.08. The first-order valence-corrected chi connectivity index (χ1v) is 8.75. The van der Waals surface area contributed by atoms with Gasteiger partial charge in [0, 0.05) is 36.2 Å². The number of ketones is 1. The van der Waals surface area contributed by atoms with E-state index in [-0.39, 0.29) is 18.0 Å². The Labute approximate surface area is 158 Å². The fraction of sp³-hybridized carbons (Fsp3) is 0.182. The molecule has 1 heterocycles. The van der Waals surface area contributed by atoms with Gasteiger partial charge in [0.1, 0.15) is 0 Å². The normalized spacial score (nSPS) is 10.6. The zero-order valence-corrected chi connectivity index (χ0v) is 15.4. The molecule has 0 bridgehead atoms. The number of hydrogen-bond donors (Lipinski definition) is 0. The number of nitro groups is 1. The van der Waals surface area contributed by atoms with Crippen LogP contribution in [0, 0.1) is 24.0 Å². The number of nitro benzene ring substituents is 1. The van der Waals surface area contributed by atoms with Gasteiger partial charge in [-0.25, -0.2) is 0 Å². The number of carbonyl (C=O) groups is 1. The highest BCUT2D eigenvalue weighted by molar-refractivity contribution is 5.95. The van der Waals surface area contributed by atoms with E-state index >= 15 is 0 Å². The molecule has 0 spiro atoms. The first-order valence-electron chi connectivity index (χ1n) is 8.75. The molecule has 1 aromatic heterocycles. The van der Waals surface area contributed by atoms with Gasteiger partial charge in [0.05, 0.1) is 4.92 Å². The molecular formula is C22H21N2O3+. The summed E-state index contributed by atoms with van der Waals surface area (Å²) in [6.07, 6.45) is 2.85. The van der Waals surface area contributed by atoms with Crippen LogP contribution in [0.5, 0.6) is 0 Å². The number of non-ortho nitro benzene ring substituents is 1. The summed E-state index contributed by atoms with van der Waals surface area (Å²) in [5.41, 5.74) is 5.06. The molecular weight excluding hydrogens is 340 g/mol. The smallest absolute Gasteiger partial charge is 0.269 e. The maximum Gasteiger partial charge on any atom is 0.269 e. The molecule has 0 saturated heterocycles. The Morgan fingerprint density at radius 1 is 1.04 bits per heavy atom. The van der Waals surface area contributed by atoms with E-state index in [0.29, 0.717) is 5.56 Å². The van der Waals surface area contributed by atoms with Crippen LogP contribution < -0.4 is 4.57 Å². The summed E-state index contributed by atoms with van der Waals surface area (Å²) in [6, 6.07) is 18.1. The van der Waals surface area contributed by atoms with E-state index in [4.69, 9.17) is 0 Å². The Bertz CT molecular complexity index is 980. The molecule has 136 valence electrons. The van der Waals surface area contributed by atoms with Crippen molar-refractivity contribution >= 4 is 11.5 Å². The molecule has 3 aromatic rings. The molecule has 5 heteroatoms. The lowest BCUT2D eigenvalue weighted by molar-refractivity contribution is -0.689. The SMILES string of the molecule is Cc1c[n+](CC(=O)c2ccc([N+](=O)[O-])cc2)c(C)cc1Cc1ccccc1. The average Bonchev–Trinajstić information content (AvgIpc) is 2.66. The maximum atomic E-state index is 12.5. The van der Waals surface area contributed by atoms with E-state index in [1.807, 2.05) is 42.8 Å². The van der Waals surface area contributed by atoms with E-state index in [9.17, 15) is 14.9 Å². The Balaban J connectivity index is 1.78. The summed E-state index contributed by atoms with van der Waals surface area (Å²) in [6.45, 7) is 4.23. The largest absolute Gasteiger partial charge is 0.287 e. The molecule has 0 N–H and O–H groups in total. The summed E-state index contributed by atoms with van der Waals surface area (Å²) >= 11 is 0. The number of aryl methyl sites for hydroxylation is 2. The minimum absolute atomic E-state index is 0.0171. The molecule has 0 unspecified atom stereocenters. The van der Waals surface area contributed by atoms with E-state index < -0.39 is 4.92 Å². The van der Waals surface area contributed by atoms with Crippen LogP contribution in [-0.4, -0.2) is 10.7 Å². The molecule has 0 radical (unpaired) electrons. The fourth-order valence-electron chi connectivity index (χ4n) is 3.06. The van der Waals surface area contributed by atoms with Crippen LogP contribution in [0.4, 0.5) is 5.69 Å². The monoisotopic (exact) mass is 361 g/mol. The first-order chi connectivity index (χ1) is 12.9. The zero-order chi connectivity index (χ0) is 19.4. The minimum Gasteiger partial charge on any atom is -0.287 e. The van der Waals surface area contributed by atoms with Gasteiger partial charge in [0.25, 0.3) is 5.69 Å². The highest BCUT2D eigenvalue weighted by Crippen LogP contribution is 2.15. The highest BCUT2D eigenvalue weighted by Gasteiger charge is 2.18. The second kappa shape index (κ2) is 7.91. The van der Waals surface area contributed by atoms with Gasteiger partial charge < -0.3 is 0 Å². The van der Waals surface area contributed by atoms with Crippen molar-refractivity contribution in [3.05, 3.63) is 105 Å². The summed E-state index contributed by atoms with van der Waals surface area (Å²) in [7, 11) is 0. The Morgan fingerprint density at radius 2 is 1.70 bits per heavy atom. The number of pyridine rings is 1. The van der Waals surface area contributed by atoms with Crippen molar-refractivity contribution in [2.24, 2.45) is 0 Å².